The van der Waals surface area contributed by atoms with Crippen molar-refractivity contribution in [2.75, 3.05) is 13.7 Å². The van der Waals surface area contributed by atoms with Gasteiger partial charge in [0.1, 0.15) is 5.75 Å². The van der Waals surface area contributed by atoms with Crippen molar-refractivity contribution in [2.45, 2.75) is 6.54 Å². The summed E-state index contributed by atoms with van der Waals surface area (Å²) in [5.74, 6) is 0.552. The van der Waals surface area contributed by atoms with Gasteiger partial charge in [0.05, 0.1) is 24.3 Å². The Kier molecular flexibility index (Phi) is 5.54. The molecule has 0 saturated carbocycles. The van der Waals surface area contributed by atoms with Gasteiger partial charge < -0.3 is 9.64 Å². The van der Waals surface area contributed by atoms with Gasteiger partial charge in [-0.1, -0.05) is 30.3 Å². The van der Waals surface area contributed by atoms with Gasteiger partial charge in [-0.2, -0.15) is 5.26 Å². The van der Waals surface area contributed by atoms with Crippen LogP contribution in [0.15, 0.2) is 61.2 Å². The van der Waals surface area contributed by atoms with E-state index in [2.05, 4.69) is 12.6 Å². The molecule has 4 heteroatoms. The van der Waals surface area contributed by atoms with Crippen molar-refractivity contribution < 1.29 is 9.53 Å². The third kappa shape index (κ3) is 3.98. The van der Waals surface area contributed by atoms with E-state index in [0.717, 1.165) is 11.3 Å². The molecule has 0 bridgehead atoms. The minimum absolute atomic E-state index is 0.190. The summed E-state index contributed by atoms with van der Waals surface area (Å²) >= 11 is 0. The van der Waals surface area contributed by atoms with Crippen LogP contribution in [0.25, 0.3) is 0 Å². The second kappa shape index (κ2) is 7.81. The minimum Gasteiger partial charge on any atom is -0.497 e. The summed E-state index contributed by atoms with van der Waals surface area (Å²) < 4.78 is 5.21. The van der Waals surface area contributed by atoms with Crippen molar-refractivity contribution in [3.63, 3.8) is 0 Å². The average Bonchev–Trinajstić information content (AvgIpc) is 2.61. The van der Waals surface area contributed by atoms with E-state index in [1.54, 1.807) is 42.4 Å². The molecule has 2 aromatic carbocycles. The van der Waals surface area contributed by atoms with Crippen LogP contribution in [-0.2, 0) is 6.54 Å². The van der Waals surface area contributed by atoms with Gasteiger partial charge in [0.25, 0.3) is 5.91 Å². The highest BCUT2D eigenvalue weighted by molar-refractivity contribution is 5.96. The highest BCUT2D eigenvalue weighted by Gasteiger charge is 2.18. The quantitative estimate of drug-likeness (QED) is 0.769. The van der Waals surface area contributed by atoms with Gasteiger partial charge in [0.2, 0.25) is 0 Å². The van der Waals surface area contributed by atoms with Crippen LogP contribution >= 0.6 is 0 Å². The van der Waals surface area contributed by atoms with Crippen LogP contribution < -0.4 is 4.74 Å². The lowest BCUT2D eigenvalue weighted by atomic mass is 10.1. The molecule has 0 aliphatic rings. The summed E-state index contributed by atoms with van der Waals surface area (Å²) in [4.78, 5) is 14.4. The first-order valence-corrected chi connectivity index (χ1v) is 7.21. The number of rotatable bonds is 6. The number of carbonyl (C=O) groups excluding carboxylic acids is 1. The first-order chi connectivity index (χ1) is 11.2. The molecular formula is C19H18N2O2. The van der Waals surface area contributed by atoms with Crippen LogP contribution in [0, 0.1) is 11.3 Å². The molecule has 0 saturated heterocycles. The van der Waals surface area contributed by atoms with E-state index in [1.807, 2.05) is 24.3 Å². The zero-order valence-electron chi connectivity index (χ0n) is 13.0. The lowest BCUT2D eigenvalue weighted by molar-refractivity contribution is 0.0762. The first-order valence-electron chi connectivity index (χ1n) is 7.21. The standard InChI is InChI=1S/C19H18N2O2/c1-3-11-21(14-15-7-6-9-17(12-15)23-2)19(22)18-10-5-4-8-16(18)13-20/h3-10,12H,1,11,14H2,2H3. The molecule has 0 aliphatic carbocycles. The lowest BCUT2D eigenvalue weighted by Crippen LogP contribution is -2.31. The Bertz CT molecular complexity index is 747. The van der Waals surface area contributed by atoms with E-state index in [9.17, 15) is 10.1 Å². The summed E-state index contributed by atoms with van der Waals surface area (Å²) in [7, 11) is 1.61. The normalized spacial score (nSPS) is 9.74. The second-order valence-corrected chi connectivity index (χ2v) is 4.98. The maximum atomic E-state index is 12.8. The molecular weight excluding hydrogens is 288 g/mol. The summed E-state index contributed by atoms with van der Waals surface area (Å²) in [5.41, 5.74) is 1.73. The van der Waals surface area contributed by atoms with E-state index in [0.29, 0.717) is 24.2 Å². The van der Waals surface area contributed by atoms with Gasteiger partial charge in [-0.05, 0) is 29.8 Å². The molecule has 0 aliphatic heterocycles. The zero-order chi connectivity index (χ0) is 16.7. The van der Waals surface area contributed by atoms with Crippen LogP contribution in [0.5, 0.6) is 5.75 Å². The summed E-state index contributed by atoms with van der Waals surface area (Å²) in [6, 6.07) is 16.4. The van der Waals surface area contributed by atoms with E-state index < -0.39 is 0 Å². The predicted octanol–water partition coefficient (Wildman–Crippen LogP) is 3.40. The Morgan fingerprint density at radius 3 is 2.78 bits per heavy atom. The number of hydrogen-bond donors (Lipinski definition) is 0. The molecule has 23 heavy (non-hydrogen) atoms. The van der Waals surface area contributed by atoms with Gasteiger partial charge in [-0.25, -0.2) is 0 Å². The zero-order valence-corrected chi connectivity index (χ0v) is 13.0. The predicted molar refractivity (Wildman–Crippen MR) is 89.1 cm³/mol. The molecule has 0 radical (unpaired) electrons. The minimum atomic E-state index is -0.190. The van der Waals surface area contributed by atoms with Gasteiger partial charge in [0, 0.05) is 13.1 Å². The lowest BCUT2D eigenvalue weighted by Gasteiger charge is -2.22. The number of nitrogens with zero attached hydrogens (tertiary/aromatic N) is 2. The fourth-order valence-electron chi connectivity index (χ4n) is 2.30. The number of benzene rings is 2. The van der Waals surface area contributed by atoms with Crippen LogP contribution in [0.3, 0.4) is 0 Å². The number of nitriles is 1. The molecule has 0 fully saturated rings. The molecule has 0 spiro atoms. The maximum Gasteiger partial charge on any atom is 0.255 e. The Labute approximate surface area is 136 Å². The van der Waals surface area contributed by atoms with E-state index in [-0.39, 0.29) is 5.91 Å². The molecule has 1 amide bonds. The SMILES string of the molecule is C=CCN(Cc1cccc(OC)c1)C(=O)c1ccccc1C#N. The van der Waals surface area contributed by atoms with Crippen molar-refractivity contribution in [1.82, 2.24) is 4.90 Å². The van der Waals surface area contributed by atoms with Crippen LogP contribution in [0.1, 0.15) is 21.5 Å². The van der Waals surface area contributed by atoms with Gasteiger partial charge >= 0.3 is 0 Å². The van der Waals surface area contributed by atoms with Crippen LogP contribution in [-0.4, -0.2) is 24.5 Å². The molecule has 0 N–H and O–H groups in total. The molecule has 0 heterocycles. The molecule has 0 aromatic heterocycles. The van der Waals surface area contributed by atoms with Crippen LogP contribution in [0.2, 0.25) is 0 Å². The highest BCUT2D eigenvalue weighted by atomic mass is 16.5. The number of ether oxygens (including phenoxy) is 1. The molecule has 116 valence electrons. The smallest absolute Gasteiger partial charge is 0.255 e. The number of hydrogen-bond acceptors (Lipinski definition) is 3. The van der Waals surface area contributed by atoms with Crippen molar-refractivity contribution >= 4 is 5.91 Å². The van der Waals surface area contributed by atoms with Crippen molar-refractivity contribution in [3.8, 4) is 11.8 Å². The van der Waals surface area contributed by atoms with Crippen molar-refractivity contribution in [3.05, 3.63) is 77.9 Å². The molecule has 4 nitrogen and oxygen atoms in total. The Morgan fingerprint density at radius 1 is 1.30 bits per heavy atom. The Morgan fingerprint density at radius 2 is 2.09 bits per heavy atom. The Hall–Kier alpha value is -3.06. The fourth-order valence-corrected chi connectivity index (χ4v) is 2.30. The van der Waals surface area contributed by atoms with Crippen LogP contribution in [0.4, 0.5) is 0 Å². The van der Waals surface area contributed by atoms with Gasteiger partial charge in [-0.3, -0.25) is 4.79 Å². The number of carbonyl (C=O) groups is 1. The topological polar surface area (TPSA) is 53.3 Å². The second-order valence-electron chi connectivity index (χ2n) is 4.98. The molecule has 0 atom stereocenters. The number of amides is 1. The molecule has 2 aromatic rings. The number of methoxy groups -OCH3 is 1. The van der Waals surface area contributed by atoms with Gasteiger partial charge in [-0.15, -0.1) is 6.58 Å². The fraction of sp³-hybridized carbons (Fsp3) is 0.158. The summed E-state index contributed by atoms with van der Waals surface area (Å²) in [6.45, 7) is 4.53. The largest absolute Gasteiger partial charge is 0.497 e. The van der Waals surface area contributed by atoms with Crippen molar-refractivity contribution in [1.29, 1.82) is 5.26 Å². The van der Waals surface area contributed by atoms with E-state index >= 15 is 0 Å². The average molecular weight is 306 g/mol. The van der Waals surface area contributed by atoms with E-state index in [4.69, 9.17) is 4.74 Å². The van der Waals surface area contributed by atoms with E-state index in [1.165, 1.54) is 0 Å². The van der Waals surface area contributed by atoms with Crippen molar-refractivity contribution in [2.24, 2.45) is 0 Å². The Balaban J connectivity index is 2.28. The monoisotopic (exact) mass is 306 g/mol. The maximum absolute atomic E-state index is 12.8. The van der Waals surface area contributed by atoms with Gasteiger partial charge in [0.15, 0.2) is 0 Å². The first kappa shape index (κ1) is 16.3. The summed E-state index contributed by atoms with van der Waals surface area (Å²) in [5, 5.41) is 9.18. The third-order valence-electron chi connectivity index (χ3n) is 3.42. The third-order valence-corrected chi connectivity index (χ3v) is 3.42. The highest BCUT2D eigenvalue weighted by Crippen LogP contribution is 2.17. The summed E-state index contributed by atoms with van der Waals surface area (Å²) in [6.07, 6.45) is 1.67. The molecule has 2 rings (SSSR count). The molecule has 0 unspecified atom stereocenters.